The number of carbonyl (C=O) groups is 3. The van der Waals surface area contributed by atoms with Crippen molar-refractivity contribution in [3.63, 3.8) is 0 Å². The molecule has 0 fully saturated rings. The van der Waals surface area contributed by atoms with Gasteiger partial charge in [0.1, 0.15) is 10.6 Å². The Morgan fingerprint density at radius 2 is 1.85 bits per heavy atom. The number of rotatable bonds is 6. The van der Waals surface area contributed by atoms with Crippen molar-refractivity contribution < 1.29 is 28.8 Å². The number of urea groups is 1. The molecule has 0 bridgehead atoms. The number of imide groups is 1. The van der Waals surface area contributed by atoms with Gasteiger partial charge in [0.2, 0.25) is 0 Å². The molecule has 1 aromatic carbocycles. The number of nitrogens with zero attached hydrogens (tertiary/aromatic N) is 1. The van der Waals surface area contributed by atoms with Gasteiger partial charge in [0.25, 0.3) is 5.91 Å². The number of methoxy groups -OCH3 is 1. The molecule has 0 saturated carbocycles. The van der Waals surface area contributed by atoms with Crippen molar-refractivity contribution in [2.45, 2.75) is 0 Å². The van der Waals surface area contributed by atoms with Gasteiger partial charge < -0.3 is 14.8 Å². The number of ether oxygens (including phenoxy) is 2. The lowest BCUT2D eigenvalue weighted by molar-refractivity contribution is -0.380. The van der Waals surface area contributed by atoms with Crippen LogP contribution >= 0.6 is 11.3 Å². The monoisotopic (exact) mass is 379 g/mol. The molecule has 11 heteroatoms. The van der Waals surface area contributed by atoms with E-state index in [-0.39, 0.29) is 9.88 Å². The van der Waals surface area contributed by atoms with Crippen LogP contribution in [0.2, 0.25) is 0 Å². The van der Waals surface area contributed by atoms with E-state index in [1.165, 1.54) is 13.2 Å². The largest absolute Gasteiger partial charge is 0.497 e. The number of hydrogen-bond acceptors (Lipinski definition) is 8. The lowest BCUT2D eigenvalue weighted by Gasteiger charge is -2.07. The van der Waals surface area contributed by atoms with E-state index in [1.807, 2.05) is 5.32 Å². The fourth-order valence-corrected chi connectivity index (χ4v) is 2.45. The van der Waals surface area contributed by atoms with Gasteiger partial charge in [-0.15, -0.1) is 0 Å². The third kappa shape index (κ3) is 5.27. The Kier molecular flexibility index (Phi) is 6.22. The summed E-state index contributed by atoms with van der Waals surface area (Å²) < 4.78 is 9.68. The van der Waals surface area contributed by atoms with Gasteiger partial charge in [-0.3, -0.25) is 20.2 Å². The number of carbonyl (C=O) groups excluding carboxylic acids is 3. The first-order chi connectivity index (χ1) is 12.4. The minimum absolute atomic E-state index is 0.0211. The van der Waals surface area contributed by atoms with Gasteiger partial charge >= 0.3 is 17.0 Å². The SMILES string of the molecule is COc1ccc(NC(=O)NC(=O)COC(=O)c2ccc([N+](=O)[O-])s2)cc1. The first-order valence-electron chi connectivity index (χ1n) is 7.05. The van der Waals surface area contributed by atoms with Gasteiger partial charge in [0.05, 0.1) is 12.0 Å². The van der Waals surface area contributed by atoms with E-state index in [1.54, 1.807) is 24.3 Å². The zero-order chi connectivity index (χ0) is 19.1. The van der Waals surface area contributed by atoms with Crippen molar-refractivity contribution in [1.82, 2.24) is 5.32 Å². The Balaban J connectivity index is 1.78. The van der Waals surface area contributed by atoms with Crippen LogP contribution in [-0.2, 0) is 9.53 Å². The summed E-state index contributed by atoms with van der Waals surface area (Å²) in [6.45, 7) is -0.708. The average Bonchev–Trinajstić information content (AvgIpc) is 3.10. The van der Waals surface area contributed by atoms with Crippen molar-refractivity contribution in [2.75, 3.05) is 19.0 Å². The normalized spacial score (nSPS) is 9.88. The van der Waals surface area contributed by atoms with Crippen LogP contribution in [0.1, 0.15) is 9.67 Å². The lowest BCUT2D eigenvalue weighted by atomic mass is 10.3. The molecule has 0 aliphatic rings. The lowest BCUT2D eigenvalue weighted by Crippen LogP contribution is -2.37. The maximum absolute atomic E-state index is 11.7. The van der Waals surface area contributed by atoms with Crippen LogP contribution in [-0.4, -0.2) is 36.5 Å². The molecule has 3 amide bonds. The second-order valence-electron chi connectivity index (χ2n) is 4.70. The maximum Gasteiger partial charge on any atom is 0.349 e. The molecule has 2 aromatic rings. The Hall–Kier alpha value is -3.47. The van der Waals surface area contributed by atoms with E-state index < -0.39 is 29.4 Å². The molecule has 0 aliphatic heterocycles. The molecule has 136 valence electrons. The van der Waals surface area contributed by atoms with Crippen LogP contribution in [0.25, 0.3) is 0 Å². The van der Waals surface area contributed by atoms with E-state index in [2.05, 4.69) is 5.32 Å². The summed E-state index contributed by atoms with van der Waals surface area (Å²) in [7, 11) is 1.50. The smallest absolute Gasteiger partial charge is 0.349 e. The summed E-state index contributed by atoms with van der Waals surface area (Å²) in [4.78, 5) is 44.9. The fraction of sp³-hybridized carbons (Fsp3) is 0.133. The molecule has 1 heterocycles. The van der Waals surface area contributed by atoms with E-state index in [0.29, 0.717) is 22.8 Å². The number of nitro groups is 1. The van der Waals surface area contributed by atoms with Gasteiger partial charge in [-0.1, -0.05) is 11.3 Å². The number of esters is 1. The molecule has 0 aliphatic carbocycles. The van der Waals surface area contributed by atoms with Crippen molar-refractivity contribution in [3.8, 4) is 5.75 Å². The highest BCUT2D eigenvalue weighted by molar-refractivity contribution is 7.17. The molecule has 2 rings (SSSR count). The minimum atomic E-state index is -0.895. The predicted molar refractivity (Wildman–Crippen MR) is 91.4 cm³/mol. The Morgan fingerprint density at radius 1 is 1.15 bits per heavy atom. The second-order valence-corrected chi connectivity index (χ2v) is 5.76. The Morgan fingerprint density at radius 3 is 2.42 bits per heavy atom. The molecular weight excluding hydrogens is 366 g/mol. The van der Waals surface area contributed by atoms with Crippen LogP contribution < -0.4 is 15.4 Å². The summed E-state index contributed by atoms with van der Waals surface area (Å²) in [5.74, 6) is -1.14. The van der Waals surface area contributed by atoms with E-state index in [4.69, 9.17) is 9.47 Å². The third-order valence-electron chi connectivity index (χ3n) is 2.91. The quantitative estimate of drug-likeness (QED) is 0.446. The van der Waals surface area contributed by atoms with Crippen molar-refractivity contribution >= 4 is 39.9 Å². The molecule has 10 nitrogen and oxygen atoms in total. The van der Waals surface area contributed by atoms with Crippen molar-refractivity contribution in [1.29, 1.82) is 0 Å². The van der Waals surface area contributed by atoms with Crippen LogP contribution in [0.15, 0.2) is 36.4 Å². The van der Waals surface area contributed by atoms with Gasteiger partial charge in [0, 0.05) is 11.8 Å². The molecule has 0 saturated heterocycles. The summed E-state index contributed by atoms with van der Waals surface area (Å²) in [5, 5.41) is 14.7. The fourth-order valence-electron chi connectivity index (χ4n) is 1.74. The van der Waals surface area contributed by atoms with Gasteiger partial charge in [-0.05, 0) is 30.3 Å². The van der Waals surface area contributed by atoms with Gasteiger partial charge in [-0.25, -0.2) is 9.59 Å². The standard InChI is InChI=1S/C15H13N3O7S/c1-24-10-4-2-9(3-5-10)16-15(21)17-12(19)8-25-14(20)11-6-7-13(26-11)18(22)23/h2-7H,8H2,1H3,(H2,16,17,19,21). The van der Waals surface area contributed by atoms with E-state index in [9.17, 15) is 24.5 Å². The van der Waals surface area contributed by atoms with E-state index >= 15 is 0 Å². The molecule has 0 spiro atoms. The van der Waals surface area contributed by atoms with Crippen LogP contribution in [0.5, 0.6) is 5.75 Å². The van der Waals surface area contributed by atoms with Crippen LogP contribution in [0, 0.1) is 10.1 Å². The Labute approximate surface area is 150 Å². The molecule has 0 radical (unpaired) electrons. The van der Waals surface area contributed by atoms with E-state index in [0.717, 1.165) is 6.07 Å². The summed E-state index contributed by atoms with van der Waals surface area (Å²) in [5.41, 5.74) is 0.430. The second kappa shape index (κ2) is 8.58. The molecular formula is C15H13N3O7S. The number of anilines is 1. The van der Waals surface area contributed by atoms with Crippen molar-refractivity contribution in [2.24, 2.45) is 0 Å². The minimum Gasteiger partial charge on any atom is -0.497 e. The highest BCUT2D eigenvalue weighted by atomic mass is 32.1. The zero-order valence-electron chi connectivity index (χ0n) is 13.4. The molecule has 0 atom stereocenters. The predicted octanol–water partition coefficient (Wildman–Crippen LogP) is 2.17. The zero-order valence-corrected chi connectivity index (χ0v) is 14.2. The average molecular weight is 379 g/mol. The number of benzene rings is 1. The summed E-state index contributed by atoms with van der Waals surface area (Å²) in [6.07, 6.45) is 0. The van der Waals surface area contributed by atoms with Crippen LogP contribution in [0.3, 0.4) is 0 Å². The van der Waals surface area contributed by atoms with Crippen molar-refractivity contribution in [3.05, 3.63) is 51.4 Å². The number of amides is 3. The topological polar surface area (TPSA) is 137 Å². The van der Waals surface area contributed by atoms with Crippen LogP contribution in [0.4, 0.5) is 15.5 Å². The number of nitrogens with one attached hydrogen (secondary N) is 2. The maximum atomic E-state index is 11.7. The molecule has 26 heavy (non-hydrogen) atoms. The number of hydrogen-bond donors (Lipinski definition) is 2. The highest BCUT2D eigenvalue weighted by Gasteiger charge is 2.18. The molecule has 0 unspecified atom stereocenters. The van der Waals surface area contributed by atoms with Gasteiger partial charge in [-0.2, -0.15) is 0 Å². The molecule has 1 aromatic heterocycles. The first-order valence-corrected chi connectivity index (χ1v) is 7.87. The molecule has 2 N–H and O–H groups in total. The Bertz CT molecular complexity index is 832. The highest BCUT2D eigenvalue weighted by Crippen LogP contribution is 2.24. The third-order valence-corrected chi connectivity index (χ3v) is 3.93. The summed E-state index contributed by atoms with van der Waals surface area (Å²) >= 11 is 0.625. The first kappa shape index (κ1) is 18.9. The number of thiophene rings is 1. The summed E-state index contributed by atoms with van der Waals surface area (Å²) in [6, 6.07) is 7.98. The van der Waals surface area contributed by atoms with Gasteiger partial charge in [0.15, 0.2) is 6.61 Å².